The molecule has 1 aromatic rings. The maximum atomic E-state index is 13.1. The van der Waals surface area contributed by atoms with E-state index in [4.69, 9.17) is 5.11 Å². The molecule has 1 aliphatic rings. The van der Waals surface area contributed by atoms with E-state index in [2.05, 4.69) is 9.97 Å². The number of aliphatic carboxylic acids is 1. The molecule has 2 rings (SSSR count). The van der Waals surface area contributed by atoms with Gasteiger partial charge < -0.3 is 5.11 Å². The SMILES string of the molecule is Cc1nccnc1C1(C(=O)O)CC1(F)F. The zero-order valence-electron chi connectivity index (χ0n) is 7.87. The first-order valence-corrected chi connectivity index (χ1v) is 4.31. The fourth-order valence-corrected chi connectivity index (χ4v) is 1.71. The van der Waals surface area contributed by atoms with E-state index in [-0.39, 0.29) is 11.4 Å². The van der Waals surface area contributed by atoms with Gasteiger partial charge in [0.15, 0.2) is 5.41 Å². The Hall–Kier alpha value is -1.59. The van der Waals surface area contributed by atoms with Gasteiger partial charge in [-0.2, -0.15) is 0 Å². The van der Waals surface area contributed by atoms with Gasteiger partial charge in [0, 0.05) is 18.8 Å². The molecule has 1 heterocycles. The predicted molar refractivity (Wildman–Crippen MR) is 45.6 cm³/mol. The number of halogens is 2. The summed E-state index contributed by atoms with van der Waals surface area (Å²) in [6.45, 7) is 1.47. The molecule has 6 heteroatoms. The fraction of sp³-hybridized carbons (Fsp3) is 0.444. The van der Waals surface area contributed by atoms with E-state index in [1.54, 1.807) is 0 Å². The second-order valence-corrected chi connectivity index (χ2v) is 3.58. The minimum Gasteiger partial charge on any atom is -0.480 e. The zero-order valence-corrected chi connectivity index (χ0v) is 7.87. The number of nitrogens with zero attached hydrogens (tertiary/aromatic N) is 2. The molecule has 1 aliphatic carbocycles. The number of rotatable bonds is 2. The van der Waals surface area contributed by atoms with Crippen molar-refractivity contribution in [3.63, 3.8) is 0 Å². The molecular formula is C9H8F2N2O2. The smallest absolute Gasteiger partial charge is 0.322 e. The maximum absolute atomic E-state index is 13.1. The lowest BCUT2D eigenvalue weighted by molar-refractivity contribution is -0.143. The molecule has 80 valence electrons. The molecule has 1 fully saturated rings. The highest BCUT2D eigenvalue weighted by Crippen LogP contribution is 2.61. The second kappa shape index (κ2) is 2.71. The average Bonchev–Trinajstić information content (AvgIpc) is 2.71. The highest BCUT2D eigenvalue weighted by atomic mass is 19.3. The number of carbonyl (C=O) groups is 1. The Morgan fingerprint density at radius 2 is 2.00 bits per heavy atom. The van der Waals surface area contributed by atoms with Crippen LogP contribution in [0.3, 0.4) is 0 Å². The van der Waals surface area contributed by atoms with Gasteiger partial charge in [-0.15, -0.1) is 0 Å². The summed E-state index contributed by atoms with van der Waals surface area (Å²) in [7, 11) is 0. The molecular weight excluding hydrogens is 206 g/mol. The van der Waals surface area contributed by atoms with E-state index in [1.165, 1.54) is 19.3 Å². The summed E-state index contributed by atoms with van der Waals surface area (Å²) in [6.07, 6.45) is 1.87. The van der Waals surface area contributed by atoms with Crippen LogP contribution in [0.1, 0.15) is 17.8 Å². The van der Waals surface area contributed by atoms with Crippen LogP contribution in [0.2, 0.25) is 0 Å². The van der Waals surface area contributed by atoms with Gasteiger partial charge in [0.05, 0.1) is 11.4 Å². The Bertz CT molecular complexity index is 436. The lowest BCUT2D eigenvalue weighted by atomic mass is 10.00. The van der Waals surface area contributed by atoms with Gasteiger partial charge >= 0.3 is 5.97 Å². The Balaban J connectivity index is 2.55. The van der Waals surface area contributed by atoms with Crippen molar-refractivity contribution in [2.75, 3.05) is 0 Å². The van der Waals surface area contributed by atoms with Crippen LogP contribution in [0.4, 0.5) is 8.78 Å². The fourth-order valence-electron chi connectivity index (χ4n) is 1.71. The molecule has 1 atom stereocenters. The van der Waals surface area contributed by atoms with Gasteiger partial charge in [-0.25, -0.2) is 8.78 Å². The molecule has 0 aliphatic heterocycles. The van der Waals surface area contributed by atoms with E-state index in [1.807, 2.05) is 0 Å². The molecule has 1 saturated carbocycles. The van der Waals surface area contributed by atoms with Gasteiger partial charge in [-0.05, 0) is 6.92 Å². The molecule has 1 N–H and O–H groups in total. The van der Waals surface area contributed by atoms with Crippen LogP contribution < -0.4 is 0 Å². The third kappa shape index (κ3) is 1.14. The van der Waals surface area contributed by atoms with Crippen molar-refractivity contribution in [2.24, 2.45) is 0 Å². The van der Waals surface area contributed by atoms with Crippen LogP contribution in [0.5, 0.6) is 0 Å². The van der Waals surface area contributed by atoms with E-state index in [0.29, 0.717) is 0 Å². The molecule has 0 spiro atoms. The number of aryl methyl sites for hydroxylation is 1. The van der Waals surface area contributed by atoms with Crippen molar-refractivity contribution in [1.29, 1.82) is 0 Å². The average molecular weight is 214 g/mol. The van der Waals surface area contributed by atoms with Gasteiger partial charge in [0.2, 0.25) is 0 Å². The molecule has 15 heavy (non-hydrogen) atoms. The minimum atomic E-state index is -3.22. The summed E-state index contributed by atoms with van der Waals surface area (Å²) in [5.41, 5.74) is -2.06. The van der Waals surface area contributed by atoms with Crippen LogP contribution in [0.15, 0.2) is 12.4 Å². The monoisotopic (exact) mass is 214 g/mol. The summed E-state index contributed by atoms with van der Waals surface area (Å²) in [4.78, 5) is 18.4. The first-order valence-electron chi connectivity index (χ1n) is 4.31. The van der Waals surface area contributed by atoms with Crippen LogP contribution in [0, 0.1) is 6.92 Å². The molecule has 0 radical (unpaired) electrons. The molecule has 4 nitrogen and oxygen atoms in total. The summed E-state index contributed by atoms with van der Waals surface area (Å²) >= 11 is 0. The molecule has 0 aromatic carbocycles. The van der Waals surface area contributed by atoms with Gasteiger partial charge in [-0.3, -0.25) is 14.8 Å². The number of carboxylic acids is 1. The third-order valence-corrected chi connectivity index (χ3v) is 2.64. The highest BCUT2D eigenvalue weighted by Gasteiger charge is 2.78. The summed E-state index contributed by atoms with van der Waals surface area (Å²) in [5, 5.41) is 8.87. The number of hydrogen-bond acceptors (Lipinski definition) is 3. The van der Waals surface area contributed by atoms with E-state index < -0.39 is 23.7 Å². The Labute approximate surface area is 84.0 Å². The minimum absolute atomic E-state index is 0.137. The Morgan fingerprint density at radius 3 is 2.40 bits per heavy atom. The van der Waals surface area contributed by atoms with Crippen molar-refractivity contribution in [3.05, 3.63) is 23.8 Å². The van der Waals surface area contributed by atoms with Crippen molar-refractivity contribution < 1.29 is 18.7 Å². The van der Waals surface area contributed by atoms with Gasteiger partial charge in [-0.1, -0.05) is 0 Å². The highest BCUT2D eigenvalue weighted by molar-refractivity contribution is 5.87. The lowest BCUT2D eigenvalue weighted by Crippen LogP contribution is -2.29. The number of carboxylic acid groups (broad SMARTS) is 1. The Morgan fingerprint density at radius 1 is 1.47 bits per heavy atom. The summed E-state index contributed by atoms with van der Waals surface area (Å²) < 4.78 is 26.2. The molecule has 1 aromatic heterocycles. The van der Waals surface area contributed by atoms with Crippen LogP contribution >= 0.6 is 0 Å². The molecule has 0 bridgehead atoms. The van der Waals surface area contributed by atoms with E-state index in [0.717, 1.165) is 0 Å². The molecule has 1 unspecified atom stereocenters. The van der Waals surface area contributed by atoms with Crippen molar-refractivity contribution >= 4 is 5.97 Å². The number of alkyl halides is 2. The third-order valence-electron chi connectivity index (χ3n) is 2.64. The molecule has 0 saturated heterocycles. The van der Waals surface area contributed by atoms with Crippen LogP contribution in [-0.2, 0) is 10.2 Å². The van der Waals surface area contributed by atoms with Gasteiger partial charge in [0.25, 0.3) is 5.92 Å². The standard InChI is InChI=1S/C9H8F2N2O2/c1-5-6(13-3-2-12-5)8(7(14)15)4-9(8,10)11/h2-3H,4H2,1H3,(H,14,15). The Kier molecular flexibility index (Phi) is 1.80. The normalized spacial score (nSPS) is 27.4. The van der Waals surface area contributed by atoms with Crippen LogP contribution in [0.25, 0.3) is 0 Å². The lowest BCUT2D eigenvalue weighted by Gasteiger charge is -2.11. The second-order valence-electron chi connectivity index (χ2n) is 3.58. The van der Waals surface area contributed by atoms with Gasteiger partial charge in [0.1, 0.15) is 0 Å². The largest absolute Gasteiger partial charge is 0.480 e. The maximum Gasteiger partial charge on any atom is 0.322 e. The summed E-state index contributed by atoms with van der Waals surface area (Å²) in [5.74, 6) is -4.77. The van der Waals surface area contributed by atoms with Crippen molar-refractivity contribution in [3.8, 4) is 0 Å². The summed E-state index contributed by atoms with van der Waals surface area (Å²) in [6, 6.07) is 0. The van der Waals surface area contributed by atoms with Crippen molar-refractivity contribution in [2.45, 2.75) is 24.7 Å². The first kappa shape index (κ1) is 9.95. The van der Waals surface area contributed by atoms with E-state index in [9.17, 15) is 13.6 Å². The van der Waals surface area contributed by atoms with Crippen LogP contribution in [-0.4, -0.2) is 27.0 Å². The number of hydrogen-bond donors (Lipinski definition) is 1. The first-order chi connectivity index (χ1) is 6.92. The zero-order chi connectivity index (χ0) is 11.3. The topological polar surface area (TPSA) is 63.1 Å². The quantitative estimate of drug-likeness (QED) is 0.801. The molecule has 0 amide bonds. The number of aromatic nitrogens is 2. The van der Waals surface area contributed by atoms with Crippen molar-refractivity contribution in [1.82, 2.24) is 9.97 Å². The predicted octanol–water partition coefficient (Wildman–Crippen LogP) is 1.15. The van der Waals surface area contributed by atoms with E-state index >= 15 is 0 Å².